The number of aromatic nitrogens is 1. The van der Waals surface area contributed by atoms with Crippen LogP contribution in [0.25, 0.3) is 10.6 Å². The van der Waals surface area contributed by atoms with Gasteiger partial charge in [0.05, 0.1) is 12.1 Å². The lowest BCUT2D eigenvalue weighted by Gasteiger charge is -2.09. The number of carbonyl (C=O) groups excluding carboxylic acids is 2. The van der Waals surface area contributed by atoms with Crippen LogP contribution in [0.5, 0.6) is 0 Å². The molecule has 5 nitrogen and oxygen atoms in total. The number of hydrogen-bond acceptors (Lipinski definition) is 4. The summed E-state index contributed by atoms with van der Waals surface area (Å²) in [6, 6.07) is 17.4. The highest BCUT2D eigenvalue weighted by atomic mass is 32.1. The molecule has 3 rings (SSSR count). The molecule has 2 N–H and O–H groups in total. The first kappa shape index (κ1) is 19.8. The molecule has 1 heterocycles. The molecular formula is C22H23N3O2S. The van der Waals surface area contributed by atoms with Gasteiger partial charge in [-0.05, 0) is 17.7 Å². The molecule has 0 spiro atoms. The van der Waals surface area contributed by atoms with E-state index < -0.39 is 0 Å². The Kier molecular flexibility index (Phi) is 6.55. The van der Waals surface area contributed by atoms with E-state index in [0.29, 0.717) is 6.54 Å². The summed E-state index contributed by atoms with van der Waals surface area (Å²) >= 11 is 1.54. The summed E-state index contributed by atoms with van der Waals surface area (Å²) in [6.45, 7) is 4.14. The van der Waals surface area contributed by atoms with Crippen molar-refractivity contribution in [2.24, 2.45) is 5.92 Å². The van der Waals surface area contributed by atoms with E-state index in [2.05, 4.69) is 15.6 Å². The number of thiazole rings is 1. The summed E-state index contributed by atoms with van der Waals surface area (Å²) in [6.07, 6.45) is 0.256. The van der Waals surface area contributed by atoms with Gasteiger partial charge in [-0.1, -0.05) is 56.3 Å². The average Bonchev–Trinajstić information content (AvgIpc) is 3.16. The van der Waals surface area contributed by atoms with Gasteiger partial charge in [0.2, 0.25) is 11.8 Å². The third kappa shape index (κ3) is 5.50. The molecule has 0 saturated carbocycles. The van der Waals surface area contributed by atoms with Gasteiger partial charge < -0.3 is 10.6 Å². The van der Waals surface area contributed by atoms with Gasteiger partial charge in [-0.3, -0.25) is 9.59 Å². The first-order valence-corrected chi connectivity index (χ1v) is 10.1. The molecule has 0 unspecified atom stereocenters. The zero-order chi connectivity index (χ0) is 19.9. The van der Waals surface area contributed by atoms with Crippen molar-refractivity contribution in [2.45, 2.75) is 26.8 Å². The fraction of sp³-hybridized carbons (Fsp3) is 0.227. The fourth-order valence-corrected chi connectivity index (χ4v) is 3.35. The highest BCUT2D eigenvalue weighted by Crippen LogP contribution is 2.23. The molecule has 2 amide bonds. The van der Waals surface area contributed by atoms with E-state index in [4.69, 9.17) is 0 Å². The first-order valence-electron chi connectivity index (χ1n) is 9.17. The number of rotatable bonds is 7. The van der Waals surface area contributed by atoms with Crippen LogP contribution in [0.3, 0.4) is 0 Å². The van der Waals surface area contributed by atoms with Gasteiger partial charge >= 0.3 is 0 Å². The van der Waals surface area contributed by atoms with Crippen molar-refractivity contribution in [3.05, 3.63) is 71.2 Å². The third-order valence-electron chi connectivity index (χ3n) is 4.15. The second-order valence-corrected chi connectivity index (χ2v) is 7.66. The zero-order valence-corrected chi connectivity index (χ0v) is 16.8. The van der Waals surface area contributed by atoms with Gasteiger partial charge in [-0.15, -0.1) is 11.3 Å². The van der Waals surface area contributed by atoms with E-state index in [1.807, 2.05) is 73.8 Å². The molecule has 3 aromatic rings. The third-order valence-corrected chi connectivity index (χ3v) is 5.09. The highest BCUT2D eigenvalue weighted by Gasteiger charge is 2.10. The van der Waals surface area contributed by atoms with Crippen molar-refractivity contribution in [2.75, 3.05) is 5.32 Å². The maximum atomic E-state index is 12.2. The van der Waals surface area contributed by atoms with Crippen LogP contribution in [0.15, 0.2) is 60.0 Å². The van der Waals surface area contributed by atoms with Crippen molar-refractivity contribution >= 4 is 28.8 Å². The number of nitrogens with zero attached hydrogens (tertiary/aromatic N) is 1. The molecule has 0 aliphatic heterocycles. The smallest absolute Gasteiger partial charge is 0.226 e. The monoisotopic (exact) mass is 393 g/mol. The van der Waals surface area contributed by atoms with E-state index in [-0.39, 0.29) is 24.2 Å². The highest BCUT2D eigenvalue weighted by molar-refractivity contribution is 7.13. The SMILES string of the molecule is CC(C)C(=O)Nc1ccc(CNC(=O)Cc2csc(-c3ccccc3)n2)cc1. The van der Waals surface area contributed by atoms with Gasteiger partial charge in [0.25, 0.3) is 0 Å². The van der Waals surface area contributed by atoms with Crippen LogP contribution in [-0.4, -0.2) is 16.8 Å². The molecule has 28 heavy (non-hydrogen) atoms. The van der Waals surface area contributed by atoms with Crippen LogP contribution in [0.2, 0.25) is 0 Å². The lowest BCUT2D eigenvalue weighted by molar-refractivity contribution is -0.120. The van der Waals surface area contributed by atoms with Crippen molar-refractivity contribution < 1.29 is 9.59 Å². The topological polar surface area (TPSA) is 71.1 Å². The molecule has 0 fully saturated rings. The minimum absolute atomic E-state index is 0.0146. The Morgan fingerprint density at radius 2 is 1.75 bits per heavy atom. The minimum atomic E-state index is -0.0675. The molecule has 2 aromatic carbocycles. The van der Waals surface area contributed by atoms with Crippen molar-refractivity contribution in [1.29, 1.82) is 0 Å². The Bertz CT molecular complexity index is 934. The lowest BCUT2D eigenvalue weighted by Crippen LogP contribution is -2.24. The Morgan fingerprint density at radius 3 is 2.43 bits per heavy atom. The van der Waals surface area contributed by atoms with E-state index in [1.165, 1.54) is 0 Å². The molecule has 1 aromatic heterocycles. The average molecular weight is 394 g/mol. The summed E-state index contributed by atoms with van der Waals surface area (Å²) in [4.78, 5) is 28.5. The fourth-order valence-electron chi connectivity index (χ4n) is 2.52. The summed E-state index contributed by atoms with van der Waals surface area (Å²) in [5.74, 6) is -0.145. The Hall–Kier alpha value is -2.99. The van der Waals surface area contributed by atoms with E-state index in [9.17, 15) is 9.59 Å². The van der Waals surface area contributed by atoms with Crippen LogP contribution in [0, 0.1) is 5.92 Å². The lowest BCUT2D eigenvalue weighted by atomic mass is 10.1. The van der Waals surface area contributed by atoms with Crippen molar-refractivity contribution in [3.63, 3.8) is 0 Å². The van der Waals surface area contributed by atoms with E-state index >= 15 is 0 Å². The summed E-state index contributed by atoms with van der Waals surface area (Å²) in [7, 11) is 0. The number of anilines is 1. The normalized spacial score (nSPS) is 10.7. The molecule has 0 saturated heterocycles. The second kappa shape index (κ2) is 9.28. The zero-order valence-electron chi connectivity index (χ0n) is 15.9. The summed E-state index contributed by atoms with van der Waals surface area (Å²) in [5, 5.41) is 8.61. The van der Waals surface area contributed by atoms with E-state index in [0.717, 1.165) is 27.5 Å². The van der Waals surface area contributed by atoms with Crippen LogP contribution >= 0.6 is 11.3 Å². The van der Waals surface area contributed by atoms with E-state index in [1.54, 1.807) is 11.3 Å². The maximum absolute atomic E-state index is 12.2. The molecule has 0 radical (unpaired) electrons. The number of benzene rings is 2. The number of amides is 2. The van der Waals surface area contributed by atoms with Gasteiger partial charge in [0.1, 0.15) is 5.01 Å². The largest absolute Gasteiger partial charge is 0.352 e. The van der Waals surface area contributed by atoms with Crippen molar-refractivity contribution in [1.82, 2.24) is 10.3 Å². The Morgan fingerprint density at radius 1 is 1.04 bits per heavy atom. The van der Waals surface area contributed by atoms with Crippen LogP contribution < -0.4 is 10.6 Å². The number of carbonyl (C=O) groups is 2. The van der Waals surface area contributed by atoms with Crippen LogP contribution in [-0.2, 0) is 22.6 Å². The van der Waals surface area contributed by atoms with Gasteiger partial charge in [0, 0.05) is 29.1 Å². The molecular weight excluding hydrogens is 370 g/mol. The number of hydrogen-bond donors (Lipinski definition) is 2. The minimum Gasteiger partial charge on any atom is -0.352 e. The number of nitrogens with one attached hydrogen (secondary N) is 2. The van der Waals surface area contributed by atoms with Crippen molar-refractivity contribution in [3.8, 4) is 10.6 Å². The maximum Gasteiger partial charge on any atom is 0.226 e. The second-order valence-electron chi connectivity index (χ2n) is 6.80. The standard InChI is InChI=1S/C22H23N3O2S/c1-15(2)21(27)24-18-10-8-16(9-11-18)13-23-20(26)12-19-14-28-22(25-19)17-6-4-3-5-7-17/h3-11,14-15H,12-13H2,1-2H3,(H,23,26)(H,24,27). The summed E-state index contributed by atoms with van der Waals surface area (Å²) in [5.41, 5.74) is 3.56. The van der Waals surface area contributed by atoms with Gasteiger partial charge in [-0.25, -0.2) is 4.98 Å². The molecule has 6 heteroatoms. The van der Waals surface area contributed by atoms with Crippen LogP contribution in [0.1, 0.15) is 25.1 Å². The Labute approximate surface area is 168 Å². The van der Waals surface area contributed by atoms with Crippen LogP contribution in [0.4, 0.5) is 5.69 Å². The van der Waals surface area contributed by atoms with Gasteiger partial charge in [-0.2, -0.15) is 0 Å². The molecule has 144 valence electrons. The van der Waals surface area contributed by atoms with Gasteiger partial charge in [0.15, 0.2) is 0 Å². The molecule has 0 aliphatic carbocycles. The first-order chi connectivity index (χ1) is 13.5. The Balaban J connectivity index is 1.49. The molecule has 0 aliphatic rings. The summed E-state index contributed by atoms with van der Waals surface area (Å²) < 4.78 is 0. The molecule has 0 atom stereocenters. The molecule has 0 bridgehead atoms. The quantitative estimate of drug-likeness (QED) is 0.630. The predicted molar refractivity (Wildman–Crippen MR) is 113 cm³/mol. The predicted octanol–water partition coefficient (Wildman–Crippen LogP) is 4.26.